The second-order valence-corrected chi connectivity index (χ2v) is 9.08. The normalized spacial score (nSPS) is 22.2. The lowest BCUT2D eigenvalue weighted by atomic mass is 10.1. The number of hydrogen-bond donors (Lipinski definition) is 1. The molecule has 29 heavy (non-hydrogen) atoms. The number of nitrogens with zero attached hydrogens (tertiary/aromatic N) is 3. The fourth-order valence-electron chi connectivity index (χ4n) is 3.84. The first-order chi connectivity index (χ1) is 14.2. The molecule has 1 unspecified atom stereocenters. The van der Waals surface area contributed by atoms with E-state index in [0.717, 1.165) is 36.6 Å². The van der Waals surface area contributed by atoms with Gasteiger partial charge in [-0.05, 0) is 37.1 Å². The molecule has 1 aromatic heterocycles. The molecule has 0 saturated carbocycles. The van der Waals surface area contributed by atoms with Crippen LogP contribution in [0.25, 0.3) is 0 Å². The summed E-state index contributed by atoms with van der Waals surface area (Å²) in [6, 6.07) is 6.33. The monoisotopic (exact) mass is 418 g/mol. The Morgan fingerprint density at radius 3 is 2.69 bits per heavy atom. The fourth-order valence-corrected chi connectivity index (χ4v) is 5.15. The molecule has 2 aromatic rings. The average molecular weight is 418 g/mol. The average Bonchev–Trinajstić information content (AvgIpc) is 3.08. The van der Waals surface area contributed by atoms with E-state index in [2.05, 4.69) is 15.2 Å². The van der Waals surface area contributed by atoms with Crippen LogP contribution in [0.4, 0.5) is 16.2 Å². The first kappa shape index (κ1) is 18.7. The molecule has 0 spiro atoms. The molecule has 0 radical (unpaired) electrons. The molecule has 3 aliphatic rings. The van der Waals surface area contributed by atoms with Crippen LogP contribution >= 0.6 is 0 Å². The molecule has 3 aliphatic heterocycles. The number of hydrogen-bond acceptors (Lipinski definition) is 7. The number of anilines is 2. The molecular formula is C20H23FN4O3S. The highest BCUT2D eigenvalue weighted by Crippen LogP contribution is 2.32. The van der Waals surface area contributed by atoms with Crippen LogP contribution in [0, 0.1) is 5.82 Å². The summed E-state index contributed by atoms with van der Waals surface area (Å²) in [5.74, 6) is 2.34. The molecule has 1 N–H and O–H groups in total. The van der Waals surface area contributed by atoms with Gasteiger partial charge in [-0.3, -0.25) is 4.21 Å². The Labute approximate surface area is 171 Å². The molecule has 5 rings (SSSR count). The Bertz CT molecular complexity index is 915. The van der Waals surface area contributed by atoms with Crippen LogP contribution < -0.4 is 15.0 Å². The fraction of sp³-hybridized carbons (Fsp3) is 0.500. The van der Waals surface area contributed by atoms with Gasteiger partial charge in [0.05, 0.1) is 29.6 Å². The van der Waals surface area contributed by atoms with Crippen LogP contribution in [0.2, 0.25) is 0 Å². The molecule has 0 aliphatic carbocycles. The van der Waals surface area contributed by atoms with Gasteiger partial charge >= 0.3 is 0 Å². The molecule has 154 valence electrons. The smallest absolute Gasteiger partial charge is 0.227 e. The maximum Gasteiger partial charge on any atom is 0.227 e. The van der Waals surface area contributed by atoms with E-state index in [1.54, 1.807) is 12.1 Å². The number of aromatic nitrogens is 2. The first-order valence-corrected chi connectivity index (χ1v) is 11.3. The zero-order valence-corrected chi connectivity index (χ0v) is 16.8. The summed E-state index contributed by atoms with van der Waals surface area (Å²) in [4.78, 5) is 12.2. The summed E-state index contributed by atoms with van der Waals surface area (Å²) in [7, 11) is -1.05. The van der Waals surface area contributed by atoms with E-state index in [4.69, 9.17) is 14.5 Å². The van der Waals surface area contributed by atoms with E-state index in [0.29, 0.717) is 42.8 Å². The van der Waals surface area contributed by atoms with E-state index in [1.807, 2.05) is 0 Å². The van der Waals surface area contributed by atoms with Gasteiger partial charge in [0.1, 0.15) is 28.4 Å². The van der Waals surface area contributed by atoms with Crippen molar-refractivity contribution < 1.29 is 18.1 Å². The van der Waals surface area contributed by atoms with Crippen molar-refractivity contribution in [2.24, 2.45) is 0 Å². The van der Waals surface area contributed by atoms with Gasteiger partial charge in [0.25, 0.3) is 0 Å². The van der Waals surface area contributed by atoms with Crippen molar-refractivity contribution in [2.75, 3.05) is 42.3 Å². The predicted molar refractivity (Wildman–Crippen MR) is 108 cm³/mol. The van der Waals surface area contributed by atoms with Gasteiger partial charge in [0, 0.05) is 31.4 Å². The highest BCUT2D eigenvalue weighted by molar-refractivity contribution is 7.85. The topological polar surface area (TPSA) is 76.6 Å². The minimum Gasteiger partial charge on any atom is -0.487 e. The third-order valence-corrected chi connectivity index (χ3v) is 6.94. The van der Waals surface area contributed by atoms with Gasteiger partial charge in [-0.2, -0.15) is 4.98 Å². The number of fused-ring (bicyclic) bond motifs is 1. The predicted octanol–water partition coefficient (Wildman–Crippen LogP) is 2.14. The Hall–Kier alpha value is -2.26. The van der Waals surface area contributed by atoms with Crippen LogP contribution in [-0.2, 0) is 22.0 Å². The van der Waals surface area contributed by atoms with E-state index < -0.39 is 10.8 Å². The van der Waals surface area contributed by atoms with Gasteiger partial charge in [0.2, 0.25) is 5.95 Å². The number of rotatable bonds is 5. The number of halogens is 1. The van der Waals surface area contributed by atoms with Gasteiger partial charge in [0.15, 0.2) is 0 Å². The zero-order chi connectivity index (χ0) is 19.8. The van der Waals surface area contributed by atoms with E-state index in [9.17, 15) is 8.60 Å². The van der Waals surface area contributed by atoms with Gasteiger partial charge in [-0.25, -0.2) is 9.37 Å². The largest absolute Gasteiger partial charge is 0.487 e. The molecule has 2 fully saturated rings. The summed E-state index contributed by atoms with van der Waals surface area (Å²) in [5, 5.41) is 3.49. The summed E-state index contributed by atoms with van der Waals surface area (Å²) in [5.41, 5.74) is 0.880. The number of aryl methyl sites for hydroxylation is 1. The minimum atomic E-state index is -1.05. The SMILES string of the molecule is O=S1CCc2nc(N3CC(Oc4ccc(F)cc4)C3)nc(NC3CCOCC3)c21. The molecule has 1 aromatic carbocycles. The van der Waals surface area contributed by atoms with Gasteiger partial charge < -0.3 is 19.7 Å². The van der Waals surface area contributed by atoms with Crippen molar-refractivity contribution in [3.05, 3.63) is 35.8 Å². The van der Waals surface area contributed by atoms with Crippen LogP contribution in [0.3, 0.4) is 0 Å². The minimum absolute atomic E-state index is 0.0124. The summed E-state index contributed by atoms with van der Waals surface area (Å²) < 4.78 is 36.8. The second kappa shape index (κ2) is 7.87. The van der Waals surface area contributed by atoms with Crippen molar-refractivity contribution >= 4 is 22.6 Å². The standard InChI is InChI=1S/C20H23FN4O3S/c21-13-1-3-15(4-2-13)28-16-11-25(12-16)20-23-17-7-10-29(26)18(17)19(24-20)22-14-5-8-27-9-6-14/h1-4,14,16H,5-12H2,(H,22,23,24). The number of ether oxygens (including phenoxy) is 2. The van der Waals surface area contributed by atoms with Crippen LogP contribution in [0.5, 0.6) is 5.75 Å². The van der Waals surface area contributed by atoms with Crippen molar-refractivity contribution in [2.45, 2.75) is 36.3 Å². The lowest BCUT2D eigenvalue weighted by Crippen LogP contribution is -2.54. The second-order valence-electron chi connectivity index (χ2n) is 7.58. The van der Waals surface area contributed by atoms with Crippen molar-refractivity contribution in [1.82, 2.24) is 9.97 Å². The molecule has 0 amide bonds. The summed E-state index contributed by atoms with van der Waals surface area (Å²) in [6.07, 6.45) is 2.55. The van der Waals surface area contributed by atoms with E-state index in [1.165, 1.54) is 12.1 Å². The zero-order valence-electron chi connectivity index (χ0n) is 16.0. The molecule has 4 heterocycles. The number of nitrogens with one attached hydrogen (secondary N) is 1. The highest BCUT2D eigenvalue weighted by Gasteiger charge is 2.34. The maximum absolute atomic E-state index is 13.0. The van der Waals surface area contributed by atoms with Gasteiger partial charge in [-0.15, -0.1) is 0 Å². The quantitative estimate of drug-likeness (QED) is 0.797. The van der Waals surface area contributed by atoms with Crippen LogP contribution in [0.1, 0.15) is 18.5 Å². The summed E-state index contributed by atoms with van der Waals surface area (Å²) >= 11 is 0. The first-order valence-electron chi connectivity index (χ1n) is 9.96. The lowest BCUT2D eigenvalue weighted by molar-refractivity contribution is 0.0903. The van der Waals surface area contributed by atoms with Gasteiger partial charge in [-0.1, -0.05) is 0 Å². The lowest BCUT2D eigenvalue weighted by Gasteiger charge is -2.39. The molecular weight excluding hydrogens is 395 g/mol. The third-order valence-electron chi connectivity index (χ3n) is 5.49. The Morgan fingerprint density at radius 2 is 1.93 bits per heavy atom. The van der Waals surface area contributed by atoms with Crippen molar-refractivity contribution in [1.29, 1.82) is 0 Å². The molecule has 9 heteroatoms. The van der Waals surface area contributed by atoms with E-state index >= 15 is 0 Å². The van der Waals surface area contributed by atoms with E-state index in [-0.39, 0.29) is 18.0 Å². The van der Waals surface area contributed by atoms with Crippen molar-refractivity contribution in [3.63, 3.8) is 0 Å². The van der Waals surface area contributed by atoms with Crippen LogP contribution in [-0.4, -0.2) is 58.4 Å². The summed E-state index contributed by atoms with van der Waals surface area (Å²) in [6.45, 7) is 2.79. The number of benzene rings is 1. The Kier molecular flexibility index (Phi) is 5.09. The molecule has 1 atom stereocenters. The maximum atomic E-state index is 13.0. The Morgan fingerprint density at radius 1 is 1.17 bits per heavy atom. The molecule has 2 saturated heterocycles. The van der Waals surface area contributed by atoms with Crippen molar-refractivity contribution in [3.8, 4) is 5.75 Å². The van der Waals surface area contributed by atoms with Crippen LogP contribution in [0.15, 0.2) is 29.2 Å². The third kappa shape index (κ3) is 3.93. The molecule has 0 bridgehead atoms. The molecule has 7 nitrogen and oxygen atoms in total. The highest BCUT2D eigenvalue weighted by atomic mass is 32.2. The Balaban J connectivity index is 1.30.